The number of carbonyl (C=O) groups is 3. The van der Waals surface area contributed by atoms with Crippen LogP contribution in [0.15, 0.2) is 39.6 Å². The summed E-state index contributed by atoms with van der Waals surface area (Å²) < 4.78 is 44.0. The summed E-state index contributed by atoms with van der Waals surface area (Å²) in [7, 11) is 3.13. The van der Waals surface area contributed by atoms with E-state index in [1.54, 1.807) is 26.2 Å². The number of nitrogens with zero attached hydrogens (tertiary/aromatic N) is 4. The smallest absolute Gasteiger partial charge is 0.416 e. The molecule has 9 nitrogen and oxygen atoms in total. The summed E-state index contributed by atoms with van der Waals surface area (Å²) in [6.07, 6.45) is -4.65. The molecule has 1 aliphatic carbocycles. The number of carboxylic acids is 1. The first-order valence-electron chi connectivity index (χ1n) is 11.2. The van der Waals surface area contributed by atoms with Crippen LogP contribution in [-0.2, 0) is 36.3 Å². The minimum absolute atomic E-state index is 0.0222. The van der Waals surface area contributed by atoms with Crippen LogP contribution < -0.4 is 10.6 Å². The number of halogens is 4. The van der Waals surface area contributed by atoms with Gasteiger partial charge in [0.1, 0.15) is 0 Å². The van der Waals surface area contributed by atoms with Crippen LogP contribution in [0.3, 0.4) is 0 Å². The molecule has 1 aromatic heterocycles. The number of urea groups is 1. The Labute approximate surface area is 215 Å². The van der Waals surface area contributed by atoms with E-state index in [0.29, 0.717) is 11.0 Å². The predicted molar refractivity (Wildman–Crippen MR) is 129 cm³/mol. The van der Waals surface area contributed by atoms with Gasteiger partial charge in [0.2, 0.25) is 5.91 Å². The summed E-state index contributed by atoms with van der Waals surface area (Å²) in [5.41, 5.74) is 0.285. The average molecular weight is 581 g/mol. The van der Waals surface area contributed by atoms with Crippen LogP contribution >= 0.6 is 15.9 Å². The van der Waals surface area contributed by atoms with Crippen molar-refractivity contribution in [2.24, 2.45) is 20.0 Å². The zero-order valence-corrected chi connectivity index (χ0v) is 21.1. The molecule has 5 rings (SSSR count). The van der Waals surface area contributed by atoms with Gasteiger partial charge in [0.25, 0.3) is 0 Å². The summed E-state index contributed by atoms with van der Waals surface area (Å²) in [4.78, 5) is 53.2. The molecule has 0 spiro atoms. The Balaban J connectivity index is 1.62. The number of aryl methyl sites for hydroxylation is 2. The molecular weight excluding hydrogens is 561 g/mol. The lowest BCUT2D eigenvalue weighted by Gasteiger charge is -2.40. The molecule has 3 amide bonds. The quantitative estimate of drug-likeness (QED) is 0.474. The van der Waals surface area contributed by atoms with Gasteiger partial charge in [-0.25, -0.2) is 9.59 Å². The number of rotatable bonds is 3. The highest BCUT2D eigenvalue weighted by atomic mass is 79.9. The van der Waals surface area contributed by atoms with E-state index in [1.807, 2.05) is 0 Å². The van der Waals surface area contributed by atoms with Crippen LogP contribution in [0.2, 0.25) is 0 Å². The SMILES string of the molecule is Cn1c(=O)n(C)c2cc(N3CC(C(=O)O)C(=O)N(C4CCc5c4cc(Br)cc5C(F)(F)F)C3=O)ccc21. The third kappa shape index (κ3) is 3.83. The lowest BCUT2D eigenvalue weighted by molar-refractivity contribution is -0.151. The van der Waals surface area contributed by atoms with Crippen LogP contribution in [0.1, 0.15) is 29.2 Å². The Morgan fingerprint density at radius 2 is 1.73 bits per heavy atom. The molecule has 2 aromatic carbocycles. The zero-order valence-electron chi connectivity index (χ0n) is 19.5. The van der Waals surface area contributed by atoms with Gasteiger partial charge in [0.05, 0.1) is 22.6 Å². The molecule has 0 radical (unpaired) electrons. The van der Waals surface area contributed by atoms with Crippen LogP contribution in [0.25, 0.3) is 11.0 Å². The fourth-order valence-corrected chi connectivity index (χ4v) is 5.75. The lowest BCUT2D eigenvalue weighted by Crippen LogP contribution is -2.59. The average Bonchev–Trinajstić information content (AvgIpc) is 3.32. The number of aliphatic carboxylic acids is 1. The molecular formula is C24H20BrF3N4O5. The van der Waals surface area contributed by atoms with Crippen LogP contribution in [-0.4, -0.2) is 43.6 Å². The highest BCUT2D eigenvalue weighted by Gasteiger charge is 2.49. The van der Waals surface area contributed by atoms with Crippen LogP contribution in [0.5, 0.6) is 0 Å². The number of amides is 3. The first-order chi connectivity index (χ1) is 17.3. The first kappa shape index (κ1) is 25.1. The lowest BCUT2D eigenvalue weighted by atomic mass is 9.98. The zero-order chi connectivity index (χ0) is 27.0. The van der Waals surface area contributed by atoms with Gasteiger partial charge in [-0.05, 0) is 54.3 Å². The summed E-state index contributed by atoms with van der Waals surface area (Å²) in [6.45, 7) is -0.457. The van der Waals surface area contributed by atoms with E-state index in [2.05, 4.69) is 15.9 Å². The summed E-state index contributed by atoms with van der Waals surface area (Å²) in [5, 5.41) is 9.78. The molecule has 194 valence electrons. The summed E-state index contributed by atoms with van der Waals surface area (Å²) >= 11 is 3.09. The molecule has 2 unspecified atom stereocenters. The number of hydrogen-bond donors (Lipinski definition) is 1. The third-order valence-electron chi connectivity index (χ3n) is 7.10. The molecule has 0 bridgehead atoms. The van der Waals surface area contributed by atoms with Crippen molar-refractivity contribution in [3.63, 3.8) is 0 Å². The second-order valence-corrected chi connectivity index (χ2v) is 10.1. The van der Waals surface area contributed by atoms with Crippen molar-refractivity contribution in [3.8, 4) is 0 Å². The summed E-state index contributed by atoms with van der Waals surface area (Å²) in [5.74, 6) is -4.05. The van der Waals surface area contributed by atoms with Crippen molar-refractivity contribution in [2.75, 3.05) is 11.4 Å². The largest absolute Gasteiger partial charge is 0.481 e. The maximum atomic E-state index is 13.7. The third-order valence-corrected chi connectivity index (χ3v) is 7.55. The molecule has 13 heteroatoms. The molecule has 1 N–H and O–H groups in total. The predicted octanol–water partition coefficient (Wildman–Crippen LogP) is 3.82. The second kappa shape index (κ2) is 8.47. The van der Waals surface area contributed by atoms with Gasteiger partial charge in [0.15, 0.2) is 5.92 Å². The minimum Gasteiger partial charge on any atom is -0.481 e. The number of fused-ring (bicyclic) bond motifs is 2. The number of benzene rings is 2. The highest BCUT2D eigenvalue weighted by Crippen LogP contribution is 2.46. The molecule has 3 aromatic rings. The number of aromatic nitrogens is 2. The second-order valence-electron chi connectivity index (χ2n) is 9.14. The Morgan fingerprint density at radius 1 is 1.05 bits per heavy atom. The van der Waals surface area contributed by atoms with E-state index in [9.17, 15) is 37.5 Å². The number of anilines is 1. The Kier molecular flexibility index (Phi) is 5.73. The number of carbonyl (C=O) groups excluding carboxylic acids is 2. The standard InChI is InChI=1S/C24H20BrF3N4O5/c1-29-18-5-3-12(9-19(18)30(2)22(29)36)31-10-15(21(34)35)20(33)32(23(31)37)17-6-4-13-14(17)7-11(25)8-16(13)24(26,27)28/h3,5,7-9,15,17H,4,6,10H2,1-2H3,(H,34,35). The van der Waals surface area contributed by atoms with Crippen molar-refractivity contribution in [1.29, 1.82) is 0 Å². The molecule has 2 atom stereocenters. The monoisotopic (exact) mass is 580 g/mol. The number of imide groups is 1. The van der Waals surface area contributed by atoms with Crippen LogP contribution in [0, 0.1) is 5.92 Å². The van der Waals surface area contributed by atoms with Gasteiger partial charge in [-0.3, -0.25) is 28.5 Å². The van der Waals surface area contributed by atoms with Crippen molar-refractivity contribution in [3.05, 3.63) is 62.0 Å². The highest BCUT2D eigenvalue weighted by molar-refractivity contribution is 9.10. The van der Waals surface area contributed by atoms with Gasteiger partial charge in [-0.2, -0.15) is 13.2 Å². The van der Waals surface area contributed by atoms with Crippen molar-refractivity contribution >= 4 is 50.6 Å². The topological polar surface area (TPSA) is 105 Å². The number of alkyl halides is 3. The maximum Gasteiger partial charge on any atom is 0.416 e. The molecule has 1 fully saturated rings. The molecule has 1 aliphatic heterocycles. The minimum atomic E-state index is -4.64. The van der Waals surface area contributed by atoms with E-state index in [-0.39, 0.29) is 39.8 Å². The first-order valence-corrected chi connectivity index (χ1v) is 12.0. The molecule has 1 saturated heterocycles. The van der Waals surface area contributed by atoms with E-state index in [1.165, 1.54) is 21.3 Å². The molecule has 37 heavy (non-hydrogen) atoms. The number of carboxylic acid groups (broad SMARTS) is 1. The maximum absolute atomic E-state index is 13.7. The number of imidazole rings is 1. The van der Waals surface area contributed by atoms with E-state index >= 15 is 0 Å². The fourth-order valence-electron chi connectivity index (χ4n) is 5.27. The van der Waals surface area contributed by atoms with Crippen molar-refractivity contribution in [1.82, 2.24) is 14.0 Å². The fraction of sp³-hybridized carbons (Fsp3) is 0.333. The Bertz CT molecular complexity index is 1560. The Morgan fingerprint density at radius 3 is 2.38 bits per heavy atom. The molecule has 0 saturated carbocycles. The molecule has 2 heterocycles. The van der Waals surface area contributed by atoms with E-state index in [4.69, 9.17) is 0 Å². The van der Waals surface area contributed by atoms with E-state index in [0.717, 1.165) is 15.9 Å². The van der Waals surface area contributed by atoms with E-state index < -0.39 is 48.2 Å². The van der Waals surface area contributed by atoms with Crippen molar-refractivity contribution in [2.45, 2.75) is 25.1 Å². The van der Waals surface area contributed by atoms with Gasteiger partial charge in [0, 0.05) is 30.8 Å². The van der Waals surface area contributed by atoms with Crippen molar-refractivity contribution < 1.29 is 32.7 Å². The summed E-state index contributed by atoms with van der Waals surface area (Å²) in [6, 6.07) is 5.16. The Hall–Kier alpha value is -3.61. The molecule has 2 aliphatic rings. The van der Waals surface area contributed by atoms with Crippen LogP contribution in [0.4, 0.5) is 23.7 Å². The van der Waals surface area contributed by atoms with Gasteiger partial charge in [-0.15, -0.1) is 0 Å². The van der Waals surface area contributed by atoms with Gasteiger partial charge < -0.3 is 5.11 Å². The van der Waals surface area contributed by atoms with Gasteiger partial charge >= 0.3 is 23.9 Å². The van der Waals surface area contributed by atoms with Gasteiger partial charge in [-0.1, -0.05) is 15.9 Å². The number of hydrogen-bond acceptors (Lipinski definition) is 4. The normalized spacial score (nSPS) is 20.2.